The summed E-state index contributed by atoms with van der Waals surface area (Å²) in [5, 5.41) is 4.07. The van der Waals surface area contributed by atoms with Gasteiger partial charge in [0.2, 0.25) is 15.9 Å². The first kappa shape index (κ1) is 16.8. The Labute approximate surface area is 137 Å². The molecule has 1 atom stereocenters. The minimum absolute atomic E-state index is 0.441. The molecule has 1 saturated heterocycles. The van der Waals surface area contributed by atoms with Crippen LogP contribution in [0.2, 0.25) is 0 Å². The SMILES string of the molecule is CN(Cc1noc(C2CC2)n1)[C@@H]1CCN(CCNS(C)(=O)=O)C1. The topological polar surface area (TPSA) is 91.6 Å². The third-order valence-electron chi connectivity index (χ3n) is 4.46. The summed E-state index contributed by atoms with van der Waals surface area (Å²) in [6.45, 7) is 3.82. The van der Waals surface area contributed by atoms with E-state index < -0.39 is 10.0 Å². The fraction of sp³-hybridized carbons (Fsp3) is 0.857. The van der Waals surface area contributed by atoms with Gasteiger partial charge in [-0.25, -0.2) is 13.1 Å². The van der Waals surface area contributed by atoms with E-state index in [1.807, 2.05) is 0 Å². The lowest BCUT2D eigenvalue weighted by atomic mass is 10.2. The predicted molar refractivity (Wildman–Crippen MR) is 85.4 cm³/mol. The molecule has 3 rings (SSSR count). The highest BCUT2D eigenvalue weighted by Crippen LogP contribution is 2.38. The van der Waals surface area contributed by atoms with Crippen molar-refractivity contribution in [1.29, 1.82) is 0 Å². The molecule has 0 radical (unpaired) electrons. The summed E-state index contributed by atoms with van der Waals surface area (Å²) in [7, 11) is -1.02. The normalized spacial score (nSPS) is 23.0. The van der Waals surface area contributed by atoms with Crippen molar-refractivity contribution in [3.05, 3.63) is 11.7 Å². The molecule has 1 saturated carbocycles. The molecule has 1 N–H and O–H groups in total. The van der Waals surface area contributed by atoms with Crippen LogP contribution in [0.25, 0.3) is 0 Å². The molecule has 0 amide bonds. The van der Waals surface area contributed by atoms with Gasteiger partial charge in [0.05, 0.1) is 12.8 Å². The van der Waals surface area contributed by atoms with Gasteiger partial charge in [0.1, 0.15) is 0 Å². The van der Waals surface area contributed by atoms with Gasteiger partial charge in [-0.15, -0.1) is 0 Å². The van der Waals surface area contributed by atoms with Crippen LogP contribution in [0.3, 0.4) is 0 Å². The fourth-order valence-corrected chi connectivity index (χ4v) is 3.41. The Morgan fingerprint density at radius 2 is 2.17 bits per heavy atom. The monoisotopic (exact) mass is 343 g/mol. The van der Waals surface area contributed by atoms with Gasteiger partial charge in [0, 0.05) is 31.6 Å². The zero-order valence-corrected chi connectivity index (χ0v) is 14.5. The minimum atomic E-state index is -3.10. The average Bonchev–Trinajstić information content (AvgIpc) is 3.03. The maximum atomic E-state index is 11.1. The number of likely N-dealkylation sites (N-methyl/N-ethyl adjacent to an activating group) is 1. The Morgan fingerprint density at radius 3 is 2.87 bits per heavy atom. The number of sulfonamides is 1. The van der Waals surface area contributed by atoms with E-state index in [1.54, 1.807) is 0 Å². The van der Waals surface area contributed by atoms with Crippen molar-refractivity contribution in [2.75, 3.05) is 39.5 Å². The molecule has 23 heavy (non-hydrogen) atoms. The van der Waals surface area contributed by atoms with Crippen LogP contribution >= 0.6 is 0 Å². The number of rotatable bonds is 8. The second-order valence-electron chi connectivity index (χ2n) is 6.65. The van der Waals surface area contributed by atoms with Gasteiger partial charge in [-0.2, -0.15) is 4.98 Å². The molecule has 2 fully saturated rings. The maximum absolute atomic E-state index is 11.1. The maximum Gasteiger partial charge on any atom is 0.229 e. The highest BCUT2D eigenvalue weighted by atomic mass is 32.2. The van der Waals surface area contributed by atoms with Crippen molar-refractivity contribution in [3.8, 4) is 0 Å². The molecule has 0 bridgehead atoms. The largest absolute Gasteiger partial charge is 0.339 e. The van der Waals surface area contributed by atoms with Gasteiger partial charge in [-0.1, -0.05) is 5.16 Å². The summed E-state index contributed by atoms with van der Waals surface area (Å²) in [5.74, 6) is 2.03. The number of aromatic nitrogens is 2. The fourth-order valence-electron chi connectivity index (χ4n) is 2.94. The Morgan fingerprint density at radius 1 is 1.39 bits per heavy atom. The first-order valence-corrected chi connectivity index (χ1v) is 9.99. The summed E-state index contributed by atoms with van der Waals surface area (Å²) in [6.07, 6.45) is 4.59. The van der Waals surface area contributed by atoms with Crippen LogP contribution in [0.4, 0.5) is 0 Å². The average molecular weight is 343 g/mol. The molecule has 1 aliphatic carbocycles. The molecule has 1 aromatic heterocycles. The predicted octanol–water partition coefficient (Wildman–Crippen LogP) is 0.00230. The second-order valence-corrected chi connectivity index (χ2v) is 8.48. The van der Waals surface area contributed by atoms with Crippen LogP contribution < -0.4 is 4.72 Å². The van der Waals surface area contributed by atoms with Crippen LogP contribution in [0.15, 0.2) is 4.52 Å². The molecule has 0 aromatic carbocycles. The third kappa shape index (κ3) is 4.97. The van der Waals surface area contributed by atoms with Gasteiger partial charge in [0.15, 0.2) is 5.82 Å². The first-order valence-electron chi connectivity index (χ1n) is 8.10. The smallest absolute Gasteiger partial charge is 0.229 e. The third-order valence-corrected chi connectivity index (χ3v) is 5.19. The van der Waals surface area contributed by atoms with E-state index in [0.717, 1.165) is 50.6 Å². The summed E-state index contributed by atoms with van der Waals surface area (Å²) in [4.78, 5) is 9.01. The van der Waals surface area contributed by atoms with Crippen LogP contribution in [0, 0.1) is 0 Å². The zero-order valence-electron chi connectivity index (χ0n) is 13.7. The van der Waals surface area contributed by atoms with Gasteiger partial charge in [-0.3, -0.25) is 4.90 Å². The molecule has 0 unspecified atom stereocenters. The van der Waals surface area contributed by atoms with E-state index in [0.29, 0.717) is 25.0 Å². The number of hydrogen-bond donors (Lipinski definition) is 1. The minimum Gasteiger partial charge on any atom is -0.339 e. The van der Waals surface area contributed by atoms with E-state index in [2.05, 4.69) is 31.7 Å². The van der Waals surface area contributed by atoms with Gasteiger partial charge >= 0.3 is 0 Å². The van der Waals surface area contributed by atoms with E-state index >= 15 is 0 Å². The zero-order chi connectivity index (χ0) is 16.4. The molecular formula is C14H25N5O3S. The van der Waals surface area contributed by atoms with Crippen LogP contribution in [0.1, 0.15) is 36.9 Å². The molecule has 1 aromatic rings. The van der Waals surface area contributed by atoms with Crippen molar-refractivity contribution in [1.82, 2.24) is 24.7 Å². The van der Waals surface area contributed by atoms with Gasteiger partial charge < -0.3 is 9.42 Å². The van der Waals surface area contributed by atoms with Crippen molar-refractivity contribution in [2.24, 2.45) is 0 Å². The molecule has 9 heteroatoms. The Hall–Kier alpha value is -1.03. The van der Waals surface area contributed by atoms with Crippen LogP contribution in [-0.2, 0) is 16.6 Å². The molecule has 0 spiro atoms. The first-order chi connectivity index (χ1) is 10.9. The molecule has 2 heterocycles. The molecule has 130 valence electrons. The lowest BCUT2D eigenvalue weighted by molar-refractivity contribution is 0.218. The van der Waals surface area contributed by atoms with Crippen LogP contribution in [0.5, 0.6) is 0 Å². The Kier molecular flexibility index (Phi) is 5.00. The van der Waals surface area contributed by atoms with E-state index in [1.165, 1.54) is 6.26 Å². The van der Waals surface area contributed by atoms with Crippen molar-refractivity contribution < 1.29 is 12.9 Å². The number of nitrogens with one attached hydrogen (secondary N) is 1. The van der Waals surface area contributed by atoms with Crippen LogP contribution in [-0.4, -0.2) is 73.9 Å². The number of hydrogen-bond acceptors (Lipinski definition) is 7. The molecule has 1 aliphatic heterocycles. The van der Waals surface area contributed by atoms with Crippen molar-refractivity contribution >= 4 is 10.0 Å². The van der Waals surface area contributed by atoms with E-state index in [4.69, 9.17) is 4.52 Å². The molecular weight excluding hydrogens is 318 g/mol. The summed E-state index contributed by atoms with van der Waals surface area (Å²) < 4.78 is 30.0. The standard InChI is InChI=1S/C14H25N5O3S/c1-18(10-13-16-14(22-17-13)11-3-4-11)12-5-7-19(9-12)8-6-15-23(2,20)21/h11-12,15H,3-10H2,1-2H3/t12-/m1/s1. The summed E-state index contributed by atoms with van der Waals surface area (Å²) in [6, 6.07) is 0.441. The van der Waals surface area contributed by atoms with Gasteiger partial charge in [-0.05, 0) is 32.9 Å². The number of nitrogens with zero attached hydrogens (tertiary/aromatic N) is 4. The second kappa shape index (κ2) is 6.84. The highest BCUT2D eigenvalue weighted by Gasteiger charge is 2.30. The Bertz CT molecular complexity index is 628. The molecule has 8 nitrogen and oxygen atoms in total. The van der Waals surface area contributed by atoms with E-state index in [-0.39, 0.29) is 0 Å². The molecule has 2 aliphatic rings. The van der Waals surface area contributed by atoms with E-state index in [9.17, 15) is 8.42 Å². The van der Waals surface area contributed by atoms with Crippen molar-refractivity contribution in [3.63, 3.8) is 0 Å². The number of likely N-dealkylation sites (tertiary alicyclic amines) is 1. The summed E-state index contributed by atoms with van der Waals surface area (Å²) >= 11 is 0. The van der Waals surface area contributed by atoms with Crippen molar-refractivity contribution in [2.45, 2.75) is 37.8 Å². The lowest BCUT2D eigenvalue weighted by Gasteiger charge is -2.23. The highest BCUT2D eigenvalue weighted by molar-refractivity contribution is 7.88. The van der Waals surface area contributed by atoms with Gasteiger partial charge in [0.25, 0.3) is 0 Å². The lowest BCUT2D eigenvalue weighted by Crippen LogP contribution is -2.37. The quantitative estimate of drug-likeness (QED) is 0.710. The summed E-state index contributed by atoms with van der Waals surface area (Å²) in [5.41, 5.74) is 0. The Balaban J connectivity index is 1.42.